The van der Waals surface area contributed by atoms with Crippen LogP contribution in [0.5, 0.6) is 0 Å². The summed E-state index contributed by atoms with van der Waals surface area (Å²) in [4.78, 5) is 7.51. The Morgan fingerprint density at radius 3 is 2.89 bits per heavy atom. The second-order valence-corrected chi connectivity index (χ2v) is 4.87. The first-order valence-electron chi connectivity index (χ1n) is 5.49. The molecule has 2 aromatic heterocycles. The summed E-state index contributed by atoms with van der Waals surface area (Å²) in [5.41, 5.74) is 2.79. The van der Waals surface area contributed by atoms with Gasteiger partial charge in [0, 0.05) is 23.5 Å². The van der Waals surface area contributed by atoms with Crippen LogP contribution in [0.4, 0.5) is 0 Å². The van der Waals surface area contributed by atoms with Crippen molar-refractivity contribution in [3.05, 3.63) is 52.1 Å². The second-order valence-electron chi connectivity index (χ2n) is 4.08. The summed E-state index contributed by atoms with van der Waals surface area (Å²) in [7, 11) is 0. The lowest BCUT2D eigenvalue weighted by atomic mass is 10.2. The van der Waals surface area contributed by atoms with Crippen molar-refractivity contribution in [1.29, 1.82) is 0 Å². The molecule has 0 unspecified atom stereocenters. The Balaban J connectivity index is 2.40. The zero-order valence-corrected chi connectivity index (χ0v) is 11.2. The zero-order chi connectivity index (χ0) is 12.7. The summed E-state index contributed by atoms with van der Waals surface area (Å²) in [6.07, 6.45) is 3.71. The maximum absolute atomic E-state index is 6.18. The fourth-order valence-electron chi connectivity index (χ4n) is 2.01. The van der Waals surface area contributed by atoms with E-state index in [0.29, 0.717) is 9.79 Å². The van der Waals surface area contributed by atoms with Crippen LogP contribution in [0.2, 0.25) is 5.02 Å². The lowest BCUT2D eigenvalue weighted by molar-refractivity contribution is 1.04. The summed E-state index contributed by atoms with van der Waals surface area (Å²) in [5, 5.41) is 1.62. The lowest BCUT2D eigenvalue weighted by Crippen LogP contribution is -1.95. The van der Waals surface area contributed by atoms with Crippen LogP contribution in [0.25, 0.3) is 16.6 Å². The molecular weight excluding hydrogens is 266 g/mol. The Kier molecular flexibility index (Phi) is 2.69. The minimum atomic E-state index is 0.654. The van der Waals surface area contributed by atoms with Crippen molar-refractivity contribution in [2.24, 2.45) is 0 Å². The Morgan fingerprint density at radius 1 is 1.33 bits per heavy atom. The molecule has 2 heterocycles. The van der Waals surface area contributed by atoms with Gasteiger partial charge in [-0.15, -0.1) is 0 Å². The van der Waals surface area contributed by atoms with E-state index >= 15 is 0 Å². The van der Waals surface area contributed by atoms with Crippen LogP contribution in [0, 0.1) is 11.7 Å². The highest BCUT2D eigenvalue weighted by molar-refractivity contribution is 7.71. The number of aromatic amines is 1. The summed E-state index contributed by atoms with van der Waals surface area (Å²) < 4.78 is 2.57. The van der Waals surface area contributed by atoms with E-state index in [9.17, 15) is 0 Å². The average molecular weight is 276 g/mol. The monoisotopic (exact) mass is 275 g/mol. The molecule has 0 amide bonds. The van der Waals surface area contributed by atoms with Crippen molar-refractivity contribution in [3.63, 3.8) is 0 Å². The van der Waals surface area contributed by atoms with Gasteiger partial charge in [0.1, 0.15) is 0 Å². The molecule has 3 rings (SSSR count). The van der Waals surface area contributed by atoms with Crippen molar-refractivity contribution in [2.75, 3.05) is 0 Å². The number of nitrogens with one attached hydrogen (secondary N) is 1. The largest absolute Gasteiger partial charge is 0.335 e. The van der Waals surface area contributed by atoms with Gasteiger partial charge in [-0.1, -0.05) is 11.6 Å². The Bertz CT molecular complexity index is 788. The van der Waals surface area contributed by atoms with Gasteiger partial charge in [-0.05, 0) is 43.4 Å². The predicted molar refractivity (Wildman–Crippen MR) is 76.0 cm³/mol. The topological polar surface area (TPSA) is 33.6 Å². The Labute approximate surface area is 114 Å². The summed E-state index contributed by atoms with van der Waals surface area (Å²) in [6.45, 7) is 1.97. The first-order valence-corrected chi connectivity index (χ1v) is 6.27. The SMILES string of the molecule is Cc1cn(-c2ccc(Cl)c3cccnc23)c(=S)[nH]1. The number of H-pyrrole nitrogens is 1. The standard InChI is InChI=1S/C13H10ClN3S/c1-8-7-17(13(18)16-8)11-5-4-10(14)9-3-2-6-15-12(9)11/h2-7H,1H3,(H,16,18). The van der Waals surface area contributed by atoms with Crippen LogP contribution in [0.1, 0.15) is 5.69 Å². The maximum atomic E-state index is 6.18. The zero-order valence-electron chi connectivity index (χ0n) is 9.64. The molecule has 0 fully saturated rings. The van der Waals surface area contributed by atoms with E-state index in [1.54, 1.807) is 6.20 Å². The number of rotatable bonds is 1. The minimum Gasteiger partial charge on any atom is -0.335 e. The number of aromatic nitrogens is 3. The van der Waals surface area contributed by atoms with Crippen molar-refractivity contribution < 1.29 is 0 Å². The van der Waals surface area contributed by atoms with Gasteiger partial charge in [-0.3, -0.25) is 9.55 Å². The van der Waals surface area contributed by atoms with E-state index < -0.39 is 0 Å². The number of hydrogen-bond donors (Lipinski definition) is 1. The molecule has 0 spiro atoms. The van der Waals surface area contributed by atoms with Gasteiger partial charge in [-0.2, -0.15) is 0 Å². The van der Waals surface area contributed by atoms with Gasteiger partial charge in [0.05, 0.1) is 16.2 Å². The molecule has 0 bridgehead atoms. The number of nitrogens with zero attached hydrogens (tertiary/aromatic N) is 2. The van der Waals surface area contributed by atoms with Gasteiger partial charge in [0.15, 0.2) is 4.77 Å². The number of pyridine rings is 1. The van der Waals surface area contributed by atoms with Crippen LogP contribution in [-0.2, 0) is 0 Å². The van der Waals surface area contributed by atoms with E-state index in [4.69, 9.17) is 23.8 Å². The number of benzene rings is 1. The molecule has 90 valence electrons. The second kappa shape index (κ2) is 4.23. The van der Waals surface area contributed by atoms with E-state index in [1.165, 1.54) is 0 Å². The third-order valence-corrected chi connectivity index (χ3v) is 3.43. The first-order chi connectivity index (χ1) is 8.66. The van der Waals surface area contributed by atoms with Crippen molar-refractivity contribution in [3.8, 4) is 5.69 Å². The molecule has 0 atom stereocenters. The molecule has 3 aromatic rings. The van der Waals surface area contributed by atoms with Crippen molar-refractivity contribution in [1.82, 2.24) is 14.5 Å². The molecule has 0 saturated carbocycles. The maximum Gasteiger partial charge on any atom is 0.182 e. The molecule has 5 heteroatoms. The average Bonchev–Trinajstić information content (AvgIpc) is 2.69. The van der Waals surface area contributed by atoms with E-state index in [0.717, 1.165) is 22.3 Å². The van der Waals surface area contributed by atoms with Crippen LogP contribution < -0.4 is 0 Å². The van der Waals surface area contributed by atoms with Crippen LogP contribution in [0.3, 0.4) is 0 Å². The Hall–Kier alpha value is -1.65. The number of imidazole rings is 1. The van der Waals surface area contributed by atoms with Crippen molar-refractivity contribution >= 4 is 34.7 Å². The summed E-state index contributed by atoms with van der Waals surface area (Å²) in [5.74, 6) is 0. The number of hydrogen-bond acceptors (Lipinski definition) is 2. The van der Waals surface area contributed by atoms with Gasteiger partial charge in [0.2, 0.25) is 0 Å². The Morgan fingerprint density at radius 2 is 2.17 bits per heavy atom. The molecule has 0 aliphatic heterocycles. The number of fused-ring (bicyclic) bond motifs is 1. The van der Waals surface area contributed by atoms with Gasteiger partial charge in [-0.25, -0.2) is 0 Å². The van der Waals surface area contributed by atoms with Crippen LogP contribution >= 0.6 is 23.8 Å². The molecule has 0 saturated heterocycles. The van der Waals surface area contributed by atoms with E-state index in [1.807, 2.05) is 42.0 Å². The highest BCUT2D eigenvalue weighted by Crippen LogP contribution is 2.27. The fourth-order valence-corrected chi connectivity index (χ4v) is 2.54. The molecule has 3 nitrogen and oxygen atoms in total. The molecule has 0 aliphatic rings. The van der Waals surface area contributed by atoms with Crippen molar-refractivity contribution in [2.45, 2.75) is 6.92 Å². The van der Waals surface area contributed by atoms with Gasteiger partial charge < -0.3 is 4.98 Å². The molecule has 0 radical (unpaired) electrons. The fraction of sp³-hybridized carbons (Fsp3) is 0.0769. The molecule has 1 aromatic carbocycles. The number of halogens is 1. The third kappa shape index (κ3) is 1.74. The third-order valence-electron chi connectivity index (χ3n) is 2.80. The molecule has 0 aliphatic carbocycles. The van der Waals surface area contributed by atoms with Crippen LogP contribution in [-0.4, -0.2) is 14.5 Å². The van der Waals surface area contributed by atoms with E-state index in [2.05, 4.69) is 9.97 Å². The highest BCUT2D eigenvalue weighted by Gasteiger charge is 2.08. The van der Waals surface area contributed by atoms with E-state index in [-0.39, 0.29) is 0 Å². The minimum absolute atomic E-state index is 0.654. The summed E-state index contributed by atoms with van der Waals surface area (Å²) in [6, 6.07) is 7.63. The first kappa shape index (κ1) is 11.4. The molecule has 1 N–H and O–H groups in total. The predicted octanol–water partition coefficient (Wildman–Crippen LogP) is 4.04. The lowest BCUT2D eigenvalue weighted by Gasteiger charge is -2.07. The van der Waals surface area contributed by atoms with Gasteiger partial charge in [0.25, 0.3) is 0 Å². The van der Waals surface area contributed by atoms with Crippen LogP contribution in [0.15, 0.2) is 36.7 Å². The molecular formula is C13H10ClN3S. The quantitative estimate of drug-likeness (QED) is 0.680. The normalized spacial score (nSPS) is 11.0. The highest BCUT2D eigenvalue weighted by atomic mass is 35.5. The molecule has 18 heavy (non-hydrogen) atoms. The number of aryl methyl sites for hydroxylation is 1. The van der Waals surface area contributed by atoms with Gasteiger partial charge >= 0.3 is 0 Å². The smallest absolute Gasteiger partial charge is 0.182 e. The summed E-state index contributed by atoms with van der Waals surface area (Å²) >= 11 is 11.5.